The third kappa shape index (κ3) is 2.92. The number of rotatable bonds is 4. The van der Waals surface area contributed by atoms with Crippen molar-refractivity contribution in [2.45, 2.75) is 12.3 Å². The smallest absolute Gasteiger partial charge is 0.320 e. The van der Waals surface area contributed by atoms with Crippen LogP contribution in [0.3, 0.4) is 0 Å². The zero-order valence-corrected chi connectivity index (χ0v) is 11.3. The van der Waals surface area contributed by atoms with Gasteiger partial charge in [-0.1, -0.05) is 5.10 Å². The number of hydrogen-bond acceptors (Lipinski definition) is 5. The minimum atomic E-state index is -0.288. The zero-order valence-electron chi connectivity index (χ0n) is 10.5. The molecule has 1 heterocycles. The number of aromatic nitrogens is 2. The molecule has 1 aromatic heterocycles. The predicted octanol–water partition coefficient (Wildman–Crippen LogP) is 3.18. The van der Waals surface area contributed by atoms with Crippen LogP contribution in [0.5, 0.6) is 0 Å². The first-order valence-electron chi connectivity index (χ1n) is 5.58. The molecule has 0 radical (unpaired) electrons. The largest absolute Gasteiger partial charge is 0.406 e. The SMILES string of the molecule is CC(Cl)c1nnc(Nc2ccc(N(C)C)cc2)o1. The Bertz CT molecular complexity index is 507. The molecule has 6 heteroatoms. The molecule has 0 saturated heterocycles. The van der Waals surface area contributed by atoms with E-state index >= 15 is 0 Å². The highest BCUT2D eigenvalue weighted by Crippen LogP contribution is 2.22. The average Bonchev–Trinajstić information content (AvgIpc) is 2.78. The summed E-state index contributed by atoms with van der Waals surface area (Å²) < 4.78 is 5.35. The molecule has 0 spiro atoms. The Hall–Kier alpha value is -1.75. The molecule has 1 atom stereocenters. The average molecular weight is 267 g/mol. The number of anilines is 3. The lowest BCUT2D eigenvalue weighted by atomic mass is 10.2. The van der Waals surface area contributed by atoms with Crippen molar-refractivity contribution in [2.75, 3.05) is 24.3 Å². The van der Waals surface area contributed by atoms with Crippen molar-refractivity contribution in [3.8, 4) is 0 Å². The second-order valence-corrected chi connectivity index (χ2v) is 4.78. The third-order valence-electron chi connectivity index (χ3n) is 2.42. The monoisotopic (exact) mass is 266 g/mol. The summed E-state index contributed by atoms with van der Waals surface area (Å²) >= 11 is 5.85. The minimum Gasteiger partial charge on any atom is -0.406 e. The van der Waals surface area contributed by atoms with E-state index < -0.39 is 0 Å². The molecule has 96 valence electrons. The van der Waals surface area contributed by atoms with Gasteiger partial charge in [0.05, 0.1) is 0 Å². The quantitative estimate of drug-likeness (QED) is 0.862. The molecule has 0 aliphatic carbocycles. The van der Waals surface area contributed by atoms with E-state index in [1.807, 2.05) is 43.3 Å². The zero-order chi connectivity index (χ0) is 13.1. The number of nitrogens with one attached hydrogen (secondary N) is 1. The van der Waals surface area contributed by atoms with E-state index in [4.69, 9.17) is 16.0 Å². The topological polar surface area (TPSA) is 54.2 Å². The van der Waals surface area contributed by atoms with Gasteiger partial charge in [0.25, 0.3) is 0 Å². The molecule has 1 aromatic carbocycles. The van der Waals surface area contributed by atoms with Gasteiger partial charge in [-0.05, 0) is 31.2 Å². The number of hydrogen-bond donors (Lipinski definition) is 1. The van der Waals surface area contributed by atoms with Crippen molar-refractivity contribution in [1.82, 2.24) is 10.2 Å². The van der Waals surface area contributed by atoms with Crippen LogP contribution in [0, 0.1) is 0 Å². The summed E-state index contributed by atoms with van der Waals surface area (Å²) in [5.41, 5.74) is 2.01. The summed E-state index contributed by atoms with van der Waals surface area (Å²) in [5, 5.41) is 10.4. The summed E-state index contributed by atoms with van der Waals surface area (Å²) in [4.78, 5) is 2.03. The summed E-state index contributed by atoms with van der Waals surface area (Å²) in [7, 11) is 3.99. The highest BCUT2D eigenvalue weighted by atomic mass is 35.5. The second-order valence-electron chi connectivity index (χ2n) is 4.13. The van der Waals surface area contributed by atoms with Crippen LogP contribution in [0.15, 0.2) is 28.7 Å². The van der Waals surface area contributed by atoms with Gasteiger partial charge >= 0.3 is 6.01 Å². The van der Waals surface area contributed by atoms with Crippen molar-refractivity contribution in [3.63, 3.8) is 0 Å². The lowest BCUT2D eigenvalue weighted by molar-refractivity contribution is 0.510. The minimum absolute atomic E-state index is 0.288. The van der Waals surface area contributed by atoms with Gasteiger partial charge in [-0.25, -0.2) is 0 Å². The van der Waals surface area contributed by atoms with Crippen LogP contribution in [-0.2, 0) is 0 Å². The maximum absolute atomic E-state index is 5.85. The molecule has 0 aliphatic heterocycles. The lowest BCUT2D eigenvalue weighted by Crippen LogP contribution is -2.08. The number of nitrogens with zero attached hydrogens (tertiary/aromatic N) is 3. The molecule has 0 bridgehead atoms. The summed E-state index contributed by atoms with van der Waals surface area (Å²) in [5.74, 6) is 0.407. The first kappa shape index (κ1) is 12.7. The molecule has 1 N–H and O–H groups in total. The maximum atomic E-state index is 5.85. The van der Waals surface area contributed by atoms with Gasteiger partial charge in [0, 0.05) is 25.5 Å². The fraction of sp³-hybridized carbons (Fsp3) is 0.333. The summed E-state index contributed by atoms with van der Waals surface area (Å²) in [6, 6.07) is 8.25. The van der Waals surface area contributed by atoms with Crippen LogP contribution in [0.2, 0.25) is 0 Å². The van der Waals surface area contributed by atoms with Crippen molar-refractivity contribution >= 4 is 29.0 Å². The van der Waals surface area contributed by atoms with Crippen LogP contribution >= 0.6 is 11.6 Å². The van der Waals surface area contributed by atoms with E-state index in [1.165, 1.54) is 0 Å². The third-order valence-corrected chi connectivity index (χ3v) is 2.60. The van der Waals surface area contributed by atoms with E-state index in [-0.39, 0.29) is 5.38 Å². The number of benzene rings is 1. The van der Waals surface area contributed by atoms with Crippen LogP contribution in [0.1, 0.15) is 18.2 Å². The fourth-order valence-electron chi connectivity index (χ4n) is 1.41. The van der Waals surface area contributed by atoms with Crippen molar-refractivity contribution < 1.29 is 4.42 Å². The van der Waals surface area contributed by atoms with Crippen molar-refractivity contribution in [3.05, 3.63) is 30.2 Å². The van der Waals surface area contributed by atoms with E-state index in [1.54, 1.807) is 6.92 Å². The molecule has 0 saturated carbocycles. The molecule has 0 fully saturated rings. The second kappa shape index (κ2) is 5.27. The summed E-state index contributed by atoms with van der Waals surface area (Å²) in [6.45, 7) is 1.78. The fourth-order valence-corrected chi connectivity index (χ4v) is 1.50. The molecular weight excluding hydrogens is 252 g/mol. The maximum Gasteiger partial charge on any atom is 0.320 e. The molecule has 18 heavy (non-hydrogen) atoms. The first-order chi connectivity index (χ1) is 8.56. The molecule has 2 aromatic rings. The van der Waals surface area contributed by atoms with Crippen molar-refractivity contribution in [2.24, 2.45) is 0 Å². The van der Waals surface area contributed by atoms with Gasteiger partial charge in [-0.3, -0.25) is 0 Å². The van der Waals surface area contributed by atoms with Gasteiger partial charge in [-0.2, -0.15) is 0 Å². The molecule has 5 nitrogen and oxygen atoms in total. The van der Waals surface area contributed by atoms with Crippen LogP contribution < -0.4 is 10.2 Å². The Labute approximate surface area is 111 Å². The Morgan fingerprint density at radius 2 is 1.89 bits per heavy atom. The standard InChI is InChI=1S/C12H15ClN4O/c1-8(13)11-15-16-12(18-11)14-9-4-6-10(7-5-9)17(2)3/h4-8H,1-3H3,(H,14,16). The predicted molar refractivity (Wildman–Crippen MR) is 72.6 cm³/mol. The molecule has 0 aliphatic rings. The van der Waals surface area contributed by atoms with Gasteiger partial charge in [0.1, 0.15) is 5.38 Å². The molecular formula is C12H15ClN4O. The highest BCUT2D eigenvalue weighted by molar-refractivity contribution is 6.20. The molecule has 1 unspecified atom stereocenters. The van der Waals surface area contributed by atoms with Gasteiger partial charge in [0.15, 0.2) is 0 Å². The normalized spacial score (nSPS) is 12.2. The van der Waals surface area contributed by atoms with Gasteiger partial charge in [0.2, 0.25) is 5.89 Å². The van der Waals surface area contributed by atoms with Gasteiger partial charge in [-0.15, -0.1) is 16.7 Å². The Balaban J connectivity index is 2.08. The van der Waals surface area contributed by atoms with Crippen molar-refractivity contribution in [1.29, 1.82) is 0 Å². The lowest BCUT2D eigenvalue weighted by Gasteiger charge is -2.12. The van der Waals surface area contributed by atoms with E-state index in [2.05, 4.69) is 15.5 Å². The first-order valence-corrected chi connectivity index (χ1v) is 6.02. The van der Waals surface area contributed by atoms with E-state index in [0.717, 1.165) is 11.4 Å². The number of alkyl halides is 1. The van der Waals surface area contributed by atoms with Crippen LogP contribution in [0.25, 0.3) is 0 Å². The van der Waals surface area contributed by atoms with Gasteiger partial charge < -0.3 is 14.6 Å². The summed E-state index contributed by atoms with van der Waals surface area (Å²) in [6.07, 6.45) is 0. The Morgan fingerprint density at radius 3 is 2.39 bits per heavy atom. The Kier molecular flexibility index (Phi) is 3.72. The van der Waals surface area contributed by atoms with E-state index in [0.29, 0.717) is 11.9 Å². The van der Waals surface area contributed by atoms with Crippen LogP contribution in [0.4, 0.5) is 17.4 Å². The molecule has 2 rings (SSSR count). The molecule has 0 amide bonds. The van der Waals surface area contributed by atoms with E-state index in [9.17, 15) is 0 Å². The van der Waals surface area contributed by atoms with Crippen LogP contribution in [-0.4, -0.2) is 24.3 Å². The number of halogens is 1. The highest BCUT2D eigenvalue weighted by Gasteiger charge is 2.10. The Morgan fingerprint density at radius 1 is 1.22 bits per heavy atom.